The van der Waals surface area contributed by atoms with Gasteiger partial charge < -0.3 is 15.6 Å². The fourth-order valence-corrected chi connectivity index (χ4v) is 2.35. The van der Waals surface area contributed by atoms with E-state index in [2.05, 4.69) is 15.4 Å². The summed E-state index contributed by atoms with van der Waals surface area (Å²) in [5.74, 6) is 1.39. The summed E-state index contributed by atoms with van der Waals surface area (Å²) < 4.78 is 3.81. The van der Waals surface area contributed by atoms with Gasteiger partial charge in [0.25, 0.3) is 0 Å². The molecule has 0 unspecified atom stereocenters. The van der Waals surface area contributed by atoms with E-state index in [4.69, 9.17) is 17.3 Å². The normalized spacial score (nSPS) is 11.1. The van der Waals surface area contributed by atoms with Crippen molar-refractivity contribution in [1.82, 2.24) is 24.6 Å². The summed E-state index contributed by atoms with van der Waals surface area (Å²) in [6, 6.07) is -0.531. The van der Waals surface area contributed by atoms with Crippen LogP contribution < -0.4 is 11.1 Å². The molecule has 2 aromatic heterocycles. The van der Waals surface area contributed by atoms with Crippen molar-refractivity contribution in [2.75, 3.05) is 12.4 Å². The second-order valence-corrected chi connectivity index (χ2v) is 4.67. The quantitative estimate of drug-likeness (QED) is 0.785. The van der Waals surface area contributed by atoms with Gasteiger partial charge in [0.1, 0.15) is 11.3 Å². The van der Waals surface area contributed by atoms with E-state index < -0.39 is 6.03 Å². The third-order valence-electron chi connectivity index (χ3n) is 2.92. The van der Waals surface area contributed by atoms with Crippen molar-refractivity contribution in [3.05, 3.63) is 11.5 Å². The molecule has 19 heavy (non-hydrogen) atoms. The van der Waals surface area contributed by atoms with Crippen molar-refractivity contribution in [3.63, 3.8) is 0 Å². The van der Waals surface area contributed by atoms with Gasteiger partial charge in [-0.2, -0.15) is 5.10 Å². The molecule has 0 spiro atoms. The molecule has 2 heterocycles. The monoisotopic (exact) mass is 284 g/mol. The van der Waals surface area contributed by atoms with Crippen LogP contribution in [0.3, 0.4) is 0 Å². The molecular formula is C11H17ClN6O. The molecule has 2 rings (SSSR count). The summed E-state index contributed by atoms with van der Waals surface area (Å²) in [4.78, 5) is 15.3. The third kappa shape index (κ3) is 2.65. The van der Waals surface area contributed by atoms with Gasteiger partial charge in [-0.25, -0.2) is 9.78 Å². The van der Waals surface area contributed by atoms with Crippen LogP contribution >= 0.6 is 11.6 Å². The molecule has 3 N–H and O–H groups in total. The summed E-state index contributed by atoms with van der Waals surface area (Å²) in [7, 11) is 1.87. The van der Waals surface area contributed by atoms with Crippen LogP contribution in [0.25, 0.3) is 11.2 Å². The Hall–Kier alpha value is -1.76. The van der Waals surface area contributed by atoms with E-state index >= 15 is 0 Å². The molecule has 0 aliphatic heterocycles. The van der Waals surface area contributed by atoms with Crippen LogP contribution in [0, 0.1) is 6.92 Å². The maximum absolute atomic E-state index is 10.7. The molecule has 0 radical (unpaired) electrons. The zero-order valence-electron chi connectivity index (χ0n) is 11.0. The Kier molecular flexibility index (Phi) is 3.94. The van der Waals surface area contributed by atoms with E-state index in [9.17, 15) is 4.79 Å². The van der Waals surface area contributed by atoms with Crippen LogP contribution in [-0.4, -0.2) is 37.8 Å². The van der Waals surface area contributed by atoms with Crippen LogP contribution in [0.15, 0.2) is 0 Å². The highest BCUT2D eigenvalue weighted by molar-refractivity contribution is 6.17. The number of rotatable bonds is 5. The van der Waals surface area contributed by atoms with Crippen LogP contribution in [-0.2, 0) is 20.0 Å². The molecule has 2 amide bonds. The van der Waals surface area contributed by atoms with Gasteiger partial charge in [0.15, 0.2) is 5.65 Å². The minimum absolute atomic E-state index is 0.445. The Bertz CT molecular complexity index is 602. The molecule has 0 aromatic carbocycles. The second-order valence-electron chi connectivity index (χ2n) is 4.29. The van der Waals surface area contributed by atoms with Crippen LogP contribution in [0.2, 0.25) is 0 Å². The number of nitrogens with two attached hydrogens (primary N) is 1. The standard InChI is InChI=1S/C11H17ClN6O/c1-7-9-10(17(2)16-7)18(6-5-14-11(13)19)8(15-9)3-4-12/h3-6H2,1-2H3,(H3,13,14,19). The Morgan fingerprint density at radius 1 is 1.53 bits per heavy atom. The zero-order valence-corrected chi connectivity index (χ0v) is 11.7. The Balaban J connectivity index is 2.36. The molecule has 0 atom stereocenters. The number of fused-ring (bicyclic) bond motifs is 1. The van der Waals surface area contributed by atoms with Crippen molar-refractivity contribution in [2.45, 2.75) is 19.9 Å². The number of imidazole rings is 1. The highest BCUT2D eigenvalue weighted by atomic mass is 35.5. The number of hydrogen-bond donors (Lipinski definition) is 2. The van der Waals surface area contributed by atoms with Gasteiger partial charge in [0.05, 0.1) is 5.69 Å². The first kappa shape index (κ1) is 13.7. The van der Waals surface area contributed by atoms with Crippen LogP contribution in [0.5, 0.6) is 0 Å². The highest BCUT2D eigenvalue weighted by Gasteiger charge is 2.16. The first-order valence-corrected chi connectivity index (χ1v) is 6.56. The van der Waals surface area contributed by atoms with Crippen molar-refractivity contribution in [3.8, 4) is 0 Å². The lowest BCUT2D eigenvalue weighted by molar-refractivity contribution is 0.248. The average molecular weight is 285 g/mol. The number of amides is 2. The van der Waals surface area contributed by atoms with E-state index in [1.807, 2.05) is 18.5 Å². The number of carbonyl (C=O) groups is 1. The third-order valence-corrected chi connectivity index (χ3v) is 3.11. The zero-order chi connectivity index (χ0) is 14.0. The summed E-state index contributed by atoms with van der Waals surface area (Å²) >= 11 is 5.80. The molecule has 8 heteroatoms. The number of primary amides is 1. The van der Waals surface area contributed by atoms with Gasteiger partial charge in [-0.1, -0.05) is 0 Å². The molecule has 0 aliphatic rings. The number of nitrogens with zero attached hydrogens (tertiary/aromatic N) is 4. The fourth-order valence-electron chi connectivity index (χ4n) is 2.18. The predicted octanol–water partition coefficient (Wildman–Crippen LogP) is 0.528. The van der Waals surface area contributed by atoms with Crippen molar-refractivity contribution in [1.29, 1.82) is 0 Å². The first-order chi connectivity index (χ1) is 9.04. The second kappa shape index (κ2) is 5.48. The fraction of sp³-hybridized carbons (Fsp3) is 0.545. The maximum atomic E-state index is 10.7. The number of urea groups is 1. The Labute approximate surface area is 115 Å². The molecule has 0 saturated carbocycles. The number of aromatic nitrogens is 4. The van der Waals surface area contributed by atoms with E-state index in [1.165, 1.54) is 0 Å². The SMILES string of the molecule is Cc1nn(C)c2c1nc(CCCl)n2CCNC(N)=O. The van der Waals surface area contributed by atoms with Gasteiger partial charge in [-0.3, -0.25) is 4.68 Å². The average Bonchev–Trinajstić information content (AvgIpc) is 2.80. The molecule has 2 aromatic rings. The summed E-state index contributed by atoms with van der Waals surface area (Å²) in [5, 5.41) is 6.92. The van der Waals surface area contributed by atoms with Crippen molar-refractivity contribution < 1.29 is 4.79 Å². The van der Waals surface area contributed by atoms with Gasteiger partial charge >= 0.3 is 6.03 Å². The molecule has 0 aliphatic carbocycles. The van der Waals surface area contributed by atoms with E-state index in [0.29, 0.717) is 25.4 Å². The molecule has 7 nitrogen and oxygen atoms in total. The number of nitrogens with one attached hydrogen (secondary N) is 1. The summed E-state index contributed by atoms with van der Waals surface area (Å²) in [6.45, 7) is 2.96. The lowest BCUT2D eigenvalue weighted by atomic mass is 10.4. The van der Waals surface area contributed by atoms with Gasteiger partial charge in [-0.05, 0) is 6.92 Å². The summed E-state index contributed by atoms with van der Waals surface area (Å²) in [6.07, 6.45) is 0.673. The Morgan fingerprint density at radius 2 is 2.26 bits per heavy atom. The lowest BCUT2D eigenvalue weighted by Crippen LogP contribution is -2.32. The van der Waals surface area contributed by atoms with Crippen molar-refractivity contribution in [2.24, 2.45) is 12.8 Å². The largest absolute Gasteiger partial charge is 0.352 e. The van der Waals surface area contributed by atoms with Crippen LogP contribution in [0.4, 0.5) is 4.79 Å². The first-order valence-electron chi connectivity index (χ1n) is 6.02. The minimum atomic E-state index is -0.531. The van der Waals surface area contributed by atoms with Crippen LogP contribution in [0.1, 0.15) is 11.5 Å². The molecule has 104 valence electrons. The highest BCUT2D eigenvalue weighted by Crippen LogP contribution is 2.19. The lowest BCUT2D eigenvalue weighted by Gasteiger charge is -2.09. The van der Waals surface area contributed by atoms with Gasteiger partial charge in [-0.15, -0.1) is 11.6 Å². The predicted molar refractivity (Wildman–Crippen MR) is 73.2 cm³/mol. The number of carbonyl (C=O) groups excluding carboxylic acids is 1. The smallest absolute Gasteiger partial charge is 0.312 e. The number of halogens is 1. The van der Waals surface area contributed by atoms with E-state index in [-0.39, 0.29) is 0 Å². The number of aryl methyl sites for hydroxylation is 3. The number of alkyl halides is 1. The molecule has 0 saturated heterocycles. The maximum Gasteiger partial charge on any atom is 0.312 e. The van der Waals surface area contributed by atoms with E-state index in [1.54, 1.807) is 4.68 Å². The number of hydrogen-bond acceptors (Lipinski definition) is 3. The minimum Gasteiger partial charge on any atom is -0.352 e. The summed E-state index contributed by atoms with van der Waals surface area (Å²) in [5.41, 5.74) is 7.76. The molecule has 0 fully saturated rings. The molecule has 0 bridgehead atoms. The van der Waals surface area contributed by atoms with Crippen molar-refractivity contribution >= 4 is 28.8 Å². The van der Waals surface area contributed by atoms with E-state index in [0.717, 1.165) is 22.7 Å². The topological polar surface area (TPSA) is 90.8 Å². The molecular weight excluding hydrogens is 268 g/mol. The van der Waals surface area contributed by atoms with Gasteiger partial charge in [0, 0.05) is 32.4 Å². The Morgan fingerprint density at radius 3 is 2.89 bits per heavy atom. The van der Waals surface area contributed by atoms with Gasteiger partial charge in [0.2, 0.25) is 0 Å².